The minimum absolute atomic E-state index is 0.177. The van der Waals surface area contributed by atoms with E-state index >= 15 is 0 Å². The predicted molar refractivity (Wildman–Crippen MR) is 105 cm³/mol. The molecule has 4 saturated carbocycles. The molecule has 4 aliphatic rings. The van der Waals surface area contributed by atoms with Gasteiger partial charge in [0.15, 0.2) is 0 Å². The molecule has 2 nitrogen and oxygen atoms in total. The van der Waals surface area contributed by atoms with Gasteiger partial charge in [-0.3, -0.25) is 9.59 Å². The third-order valence-corrected chi connectivity index (χ3v) is 9.75. The molecule has 0 amide bonds. The molecule has 1 unspecified atom stereocenters. The van der Waals surface area contributed by atoms with Crippen LogP contribution in [0, 0.1) is 46.3 Å². The summed E-state index contributed by atoms with van der Waals surface area (Å²) in [5, 5.41) is 0. The SMILES string of the molecule is CCC[C@@H](C)[C@H]1CC[C@H]2[C@@H]3C(=O)CC4CCCC[C@]4(C)[C@H]3CC(=O)[C@]12C. The molecule has 0 N–H and O–H groups in total. The Kier molecular flexibility index (Phi) is 4.64. The average molecular weight is 359 g/mol. The van der Waals surface area contributed by atoms with E-state index in [1.807, 2.05) is 0 Å². The van der Waals surface area contributed by atoms with Crippen molar-refractivity contribution in [3.05, 3.63) is 0 Å². The lowest BCUT2D eigenvalue weighted by Crippen LogP contribution is -2.59. The second-order valence-electron chi connectivity index (χ2n) is 10.7. The van der Waals surface area contributed by atoms with Crippen LogP contribution in [0.3, 0.4) is 0 Å². The Labute approximate surface area is 159 Å². The summed E-state index contributed by atoms with van der Waals surface area (Å²) >= 11 is 0. The van der Waals surface area contributed by atoms with Crippen molar-refractivity contribution in [2.24, 2.45) is 46.3 Å². The number of ketones is 2. The quantitative estimate of drug-likeness (QED) is 0.636. The van der Waals surface area contributed by atoms with Gasteiger partial charge in [-0.1, -0.05) is 53.4 Å². The Hall–Kier alpha value is -0.660. The van der Waals surface area contributed by atoms with E-state index in [1.54, 1.807) is 0 Å². The van der Waals surface area contributed by atoms with Gasteiger partial charge in [-0.05, 0) is 60.7 Å². The van der Waals surface area contributed by atoms with E-state index in [0.29, 0.717) is 47.6 Å². The molecule has 0 radical (unpaired) electrons. The Morgan fingerprint density at radius 3 is 2.54 bits per heavy atom. The van der Waals surface area contributed by atoms with Crippen molar-refractivity contribution in [1.29, 1.82) is 0 Å². The first-order chi connectivity index (χ1) is 12.3. The maximum atomic E-state index is 13.6. The molecule has 4 aliphatic carbocycles. The zero-order valence-electron chi connectivity index (χ0n) is 17.4. The summed E-state index contributed by atoms with van der Waals surface area (Å²) in [5.74, 6) is 3.50. The molecule has 4 rings (SSSR count). The molecule has 0 saturated heterocycles. The number of hydrogen-bond donors (Lipinski definition) is 0. The van der Waals surface area contributed by atoms with Gasteiger partial charge in [0.05, 0.1) is 0 Å². The highest BCUT2D eigenvalue weighted by atomic mass is 16.1. The molecule has 0 spiro atoms. The molecule has 4 fully saturated rings. The van der Waals surface area contributed by atoms with E-state index < -0.39 is 0 Å². The number of carbonyl (C=O) groups is 2. The fourth-order valence-electron chi connectivity index (χ4n) is 8.28. The van der Waals surface area contributed by atoms with Gasteiger partial charge in [0.25, 0.3) is 0 Å². The van der Waals surface area contributed by atoms with Gasteiger partial charge in [0, 0.05) is 24.2 Å². The van der Waals surface area contributed by atoms with Crippen LogP contribution < -0.4 is 0 Å². The van der Waals surface area contributed by atoms with Crippen molar-refractivity contribution in [2.75, 3.05) is 0 Å². The Bertz CT molecular complexity index is 595. The standard InChI is InChI=1S/C24H38O2/c1-5-8-15(2)17-10-11-18-22-19(14-21(26)24(17,18)4)23(3)12-7-6-9-16(23)13-20(22)25/h15-19,22H,5-14H2,1-4H3/t15-,16?,17-,18+,19+,22+,23+,24-/m1/s1. The number of Topliss-reactive ketones (excluding diaryl/α,β-unsaturated/α-hetero) is 2. The Balaban J connectivity index is 1.69. The lowest BCUT2D eigenvalue weighted by molar-refractivity contribution is -0.165. The molecule has 8 atom stereocenters. The zero-order valence-corrected chi connectivity index (χ0v) is 17.4. The normalized spacial score (nSPS) is 49.3. The van der Waals surface area contributed by atoms with Crippen LogP contribution in [-0.4, -0.2) is 11.6 Å². The molecular formula is C24H38O2. The van der Waals surface area contributed by atoms with Crippen LogP contribution in [-0.2, 0) is 9.59 Å². The molecule has 0 bridgehead atoms. The largest absolute Gasteiger partial charge is 0.299 e. The third-order valence-electron chi connectivity index (χ3n) is 9.75. The second kappa shape index (κ2) is 6.45. The van der Waals surface area contributed by atoms with E-state index in [9.17, 15) is 9.59 Å². The lowest BCUT2D eigenvalue weighted by Gasteiger charge is -2.59. The van der Waals surface area contributed by atoms with Gasteiger partial charge in [0.2, 0.25) is 0 Å². The number of rotatable bonds is 3. The van der Waals surface area contributed by atoms with Crippen molar-refractivity contribution in [2.45, 2.75) is 91.9 Å². The van der Waals surface area contributed by atoms with E-state index in [4.69, 9.17) is 0 Å². The van der Waals surface area contributed by atoms with Gasteiger partial charge in [0.1, 0.15) is 11.6 Å². The maximum Gasteiger partial charge on any atom is 0.139 e. The molecule has 2 heteroatoms. The van der Waals surface area contributed by atoms with Crippen LogP contribution in [0.1, 0.15) is 91.9 Å². The minimum Gasteiger partial charge on any atom is -0.299 e. The fourth-order valence-corrected chi connectivity index (χ4v) is 8.28. The Morgan fingerprint density at radius 2 is 1.81 bits per heavy atom. The highest BCUT2D eigenvalue weighted by molar-refractivity contribution is 5.92. The van der Waals surface area contributed by atoms with Crippen LogP contribution >= 0.6 is 0 Å². The van der Waals surface area contributed by atoms with Gasteiger partial charge < -0.3 is 0 Å². The summed E-state index contributed by atoms with van der Waals surface area (Å²) in [6, 6.07) is 0. The van der Waals surface area contributed by atoms with Crippen molar-refractivity contribution >= 4 is 11.6 Å². The van der Waals surface area contributed by atoms with Gasteiger partial charge in [-0.25, -0.2) is 0 Å². The Morgan fingerprint density at radius 1 is 1.04 bits per heavy atom. The minimum atomic E-state index is -0.233. The van der Waals surface area contributed by atoms with E-state index in [0.717, 1.165) is 19.3 Å². The molecule has 0 aromatic rings. The summed E-state index contributed by atoms with van der Waals surface area (Å²) in [5.41, 5.74) is 0.00418. The average Bonchev–Trinajstić information content (AvgIpc) is 2.95. The first-order valence-electron chi connectivity index (χ1n) is 11.4. The highest BCUT2D eigenvalue weighted by Gasteiger charge is 2.65. The van der Waals surface area contributed by atoms with Crippen molar-refractivity contribution in [3.8, 4) is 0 Å². The molecule has 0 heterocycles. The van der Waals surface area contributed by atoms with E-state index in [2.05, 4.69) is 27.7 Å². The van der Waals surface area contributed by atoms with E-state index in [-0.39, 0.29) is 16.7 Å². The third kappa shape index (κ3) is 2.42. The monoisotopic (exact) mass is 358 g/mol. The van der Waals surface area contributed by atoms with Gasteiger partial charge >= 0.3 is 0 Å². The second-order valence-corrected chi connectivity index (χ2v) is 10.7. The van der Waals surface area contributed by atoms with Gasteiger partial charge in [-0.2, -0.15) is 0 Å². The summed E-state index contributed by atoms with van der Waals surface area (Å²) in [6.07, 6.45) is 11.2. The predicted octanol–water partition coefficient (Wildman–Crippen LogP) is 5.83. The van der Waals surface area contributed by atoms with Crippen molar-refractivity contribution in [3.63, 3.8) is 0 Å². The van der Waals surface area contributed by atoms with Gasteiger partial charge in [-0.15, -0.1) is 0 Å². The van der Waals surface area contributed by atoms with Crippen LogP contribution in [0.15, 0.2) is 0 Å². The highest BCUT2D eigenvalue weighted by Crippen LogP contribution is 2.66. The molecule has 26 heavy (non-hydrogen) atoms. The summed E-state index contributed by atoms with van der Waals surface area (Å²) in [6.45, 7) is 9.28. The summed E-state index contributed by atoms with van der Waals surface area (Å²) in [7, 11) is 0. The first-order valence-corrected chi connectivity index (χ1v) is 11.4. The maximum absolute atomic E-state index is 13.6. The molecule has 0 aliphatic heterocycles. The molecule has 0 aromatic carbocycles. The zero-order chi connectivity index (χ0) is 18.7. The number of fused-ring (bicyclic) bond motifs is 5. The summed E-state index contributed by atoms with van der Waals surface area (Å²) < 4.78 is 0. The smallest absolute Gasteiger partial charge is 0.139 e. The molecular weight excluding hydrogens is 320 g/mol. The van der Waals surface area contributed by atoms with E-state index in [1.165, 1.54) is 38.5 Å². The number of hydrogen-bond acceptors (Lipinski definition) is 2. The first kappa shape index (κ1) is 18.7. The number of carbonyl (C=O) groups excluding carboxylic acids is 2. The molecule has 0 aromatic heterocycles. The topological polar surface area (TPSA) is 34.1 Å². The van der Waals surface area contributed by atoms with Crippen LogP contribution in [0.4, 0.5) is 0 Å². The van der Waals surface area contributed by atoms with Crippen LogP contribution in [0.25, 0.3) is 0 Å². The van der Waals surface area contributed by atoms with Crippen molar-refractivity contribution < 1.29 is 9.59 Å². The fraction of sp³-hybridized carbons (Fsp3) is 0.917. The van der Waals surface area contributed by atoms with Crippen molar-refractivity contribution in [1.82, 2.24) is 0 Å². The molecule has 146 valence electrons. The van der Waals surface area contributed by atoms with Crippen LogP contribution in [0.2, 0.25) is 0 Å². The lowest BCUT2D eigenvalue weighted by atomic mass is 9.44. The summed E-state index contributed by atoms with van der Waals surface area (Å²) in [4.78, 5) is 26.9. The van der Waals surface area contributed by atoms with Crippen LogP contribution in [0.5, 0.6) is 0 Å².